The molecule has 8 aromatic rings. The van der Waals surface area contributed by atoms with Gasteiger partial charge in [0.05, 0.1) is 53.5 Å². The summed E-state index contributed by atoms with van der Waals surface area (Å²) >= 11 is 6.78. The van der Waals surface area contributed by atoms with Gasteiger partial charge in [-0.3, -0.25) is 0 Å². The lowest BCUT2D eigenvalue weighted by atomic mass is 10.0. The lowest BCUT2D eigenvalue weighted by Gasteiger charge is -2.29. The lowest BCUT2D eigenvalue weighted by Crippen LogP contribution is -2.32. The summed E-state index contributed by atoms with van der Waals surface area (Å²) in [5.74, 6) is 2.52. The van der Waals surface area contributed by atoms with E-state index < -0.39 is 60.0 Å². The van der Waals surface area contributed by atoms with Crippen LogP contribution in [0.3, 0.4) is 0 Å². The fraction of sp³-hybridized carbons (Fsp3) is 0.458. The molecule has 15 nitrogen and oxygen atoms in total. The summed E-state index contributed by atoms with van der Waals surface area (Å²) in [6, 6.07) is 17.2. The molecule has 0 N–H and O–H groups in total. The molecule has 4 aliphatic rings. The first-order valence-corrected chi connectivity index (χ1v) is 28.8. The van der Waals surface area contributed by atoms with Gasteiger partial charge in [-0.25, -0.2) is 9.97 Å². The van der Waals surface area contributed by atoms with E-state index in [1.807, 2.05) is 18.2 Å². The number of alkyl halides is 12. The third-order valence-electron chi connectivity index (χ3n) is 16.3. The number of pyridine rings is 2. The number of benzene rings is 4. The molecule has 0 saturated heterocycles. The van der Waals surface area contributed by atoms with Crippen LogP contribution in [0.5, 0.6) is 5.75 Å². The van der Waals surface area contributed by atoms with Crippen LogP contribution < -0.4 is 24.3 Å². The van der Waals surface area contributed by atoms with Crippen molar-refractivity contribution in [3.05, 3.63) is 134 Å². The van der Waals surface area contributed by atoms with Crippen molar-refractivity contribution in [1.29, 1.82) is 0 Å². The molecule has 28 heteroatoms. The minimum absolute atomic E-state index is 0.0207. The molecule has 0 bridgehead atoms. The molecule has 2 unspecified atom stereocenters. The molecule has 0 spiro atoms. The molecular weight excluding hydrogens is 1180 g/mol. The smallest absolute Gasteiger partial charge is 0.416 e. The second-order valence-corrected chi connectivity index (χ2v) is 23.9. The van der Waals surface area contributed by atoms with Crippen LogP contribution in [0.15, 0.2) is 84.9 Å². The van der Waals surface area contributed by atoms with E-state index in [2.05, 4.69) is 35.5 Å². The monoisotopic (exact) mass is 1240 g/mol. The fourth-order valence-corrected chi connectivity index (χ4v) is 11.5. The Labute approximate surface area is 495 Å². The fourth-order valence-electron chi connectivity index (χ4n) is 11.2. The Balaban J connectivity index is 0.858. The average molecular weight is 1240 g/mol. The quantitative estimate of drug-likeness (QED) is 0.0563. The molecule has 4 aromatic heterocycles. The highest BCUT2D eigenvalue weighted by molar-refractivity contribution is 6.35. The first-order chi connectivity index (χ1) is 41.3. The number of nitrogens with zero attached hydrogens (tertiary/aromatic N) is 14. The first kappa shape index (κ1) is 59.6. The number of hydrogen-bond donors (Lipinski definition) is 0. The molecule has 0 amide bonds. The van der Waals surface area contributed by atoms with E-state index in [1.165, 1.54) is 28.8 Å². The van der Waals surface area contributed by atoms with Crippen molar-refractivity contribution in [3.63, 3.8) is 0 Å². The summed E-state index contributed by atoms with van der Waals surface area (Å²) in [5.41, 5.74) is -4.27. The SMILES string of the molecule is COc1cccc2cc(CN(Cc3cc(C(F)(F)F)cc(C(F)(F)F)c3)c3nnn(CC4CC4CN(CC4CC4)c4nc5c(Cl)cccc5cc4CN(Cc4cc(C(F)(F)F)cc(C(F)(F)F)c4)c4nnn(C)n4)n3)c(N(CC3CC3)CC3CC3)nc12. The number of methoxy groups -OCH3 is 1. The number of ether oxygens (including phenoxy) is 1. The van der Waals surface area contributed by atoms with Gasteiger partial charge in [0.2, 0.25) is 0 Å². The van der Waals surface area contributed by atoms with Crippen molar-refractivity contribution < 1.29 is 57.4 Å². The van der Waals surface area contributed by atoms with E-state index in [1.54, 1.807) is 30.3 Å². The summed E-state index contributed by atoms with van der Waals surface area (Å²) in [6.45, 7) is 1.39. The molecule has 4 fully saturated rings. The molecular formula is C59H57ClF12N14O. The number of halogens is 13. The molecule has 0 aliphatic heterocycles. The zero-order valence-corrected chi connectivity index (χ0v) is 47.6. The van der Waals surface area contributed by atoms with Gasteiger partial charge in [-0.15, -0.1) is 10.2 Å². The van der Waals surface area contributed by atoms with Gasteiger partial charge in [-0.2, -0.15) is 62.3 Å². The van der Waals surface area contributed by atoms with Crippen LogP contribution in [0.4, 0.5) is 76.2 Å². The van der Waals surface area contributed by atoms with E-state index in [0.717, 1.165) is 43.3 Å². The number of hydrogen-bond acceptors (Lipinski definition) is 13. The normalized spacial score (nSPS) is 17.3. The van der Waals surface area contributed by atoms with Gasteiger partial charge in [0, 0.05) is 74.3 Å². The van der Waals surface area contributed by atoms with Crippen LogP contribution in [-0.4, -0.2) is 83.7 Å². The minimum atomic E-state index is -5.10. The number of rotatable bonds is 23. The predicted octanol–water partition coefficient (Wildman–Crippen LogP) is 13.6. The van der Waals surface area contributed by atoms with E-state index >= 15 is 0 Å². The summed E-state index contributed by atoms with van der Waals surface area (Å²) < 4.78 is 177. The first-order valence-electron chi connectivity index (χ1n) is 28.4. The van der Waals surface area contributed by atoms with Crippen molar-refractivity contribution in [2.45, 2.75) is 102 Å². The molecule has 460 valence electrons. The zero-order valence-electron chi connectivity index (χ0n) is 46.9. The van der Waals surface area contributed by atoms with Crippen LogP contribution in [0, 0.1) is 29.6 Å². The summed E-state index contributed by atoms with van der Waals surface area (Å²) in [7, 11) is 3.01. The van der Waals surface area contributed by atoms with Crippen molar-refractivity contribution in [2.24, 2.45) is 36.6 Å². The number of para-hydroxylation sites is 2. The highest BCUT2D eigenvalue weighted by Gasteiger charge is 2.43. The van der Waals surface area contributed by atoms with Crippen molar-refractivity contribution in [2.75, 3.05) is 52.9 Å². The highest BCUT2D eigenvalue weighted by Crippen LogP contribution is 2.45. The van der Waals surface area contributed by atoms with Gasteiger partial charge in [-0.05, 0) is 157 Å². The summed E-state index contributed by atoms with van der Waals surface area (Å²) in [6.07, 6.45) is -13.7. The maximum Gasteiger partial charge on any atom is 0.416 e. The maximum absolute atomic E-state index is 14.4. The largest absolute Gasteiger partial charge is 0.494 e. The van der Waals surface area contributed by atoms with Crippen LogP contribution in [0.1, 0.15) is 89.5 Å². The third-order valence-corrected chi connectivity index (χ3v) is 16.6. The molecule has 4 aromatic carbocycles. The van der Waals surface area contributed by atoms with E-state index in [-0.39, 0.29) is 72.5 Å². The Morgan fingerprint density at radius 1 is 0.517 bits per heavy atom. The number of anilines is 4. The van der Waals surface area contributed by atoms with Gasteiger partial charge < -0.3 is 24.3 Å². The Morgan fingerprint density at radius 3 is 1.43 bits per heavy atom. The van der Waals surface area contributed by atoms with Gasteiger partial charge in [0.1, 0.15) is 22.9 Å². The maximum atomic E-state index is 14.4. The predicted molar refractivity (Wildman–Crippen MR) is 299 cm³/mol. The van der Waals surface area contributed by atoms with Gasteiger partial charge in [-0.1, -0.05) is 46.1 Å². The van der Waals surface area contributed by atoms with Crippen LogP contribution in [-0.2, 0) is 64.5 Å². The van der Waals surface area contributed by atoms with Crippen molar-refractivity contribution in [1.82, 2.24) is 50.4 Å². The number of aryl methyl sites for hydroxylation is 1. The second kappa shape index (κ2) is 23.1. The molecule has 0 radical (unpaired) electrons. The molecule has 4 aliphatic carbocycles. The van der Waals surface area contributed by atoms with Crippen LogP contribution >= 0.6 is 11.6 Å². The highest BCUT2D eigenvalue weighted by atomic mass is 35.5. The molecule has 4 saturated carbocycles. The van der Waals surface area contributed by atoms with Gasteiger partial charge in [0.25, 0.3) is 11.9 Å². The molecule has 12 rings (SSSR count). The van der Waals surface area contributed by atoms with Crippen molar-refractivity contribution in [3.8, 4) is 5.75 Å². The Morgan fingerprint density at radius 2 is 0.966 bits per heavy atom. The minimum Gasteiger partial charge on any atom is -0.494 e. The standard InChI is InChI=1S/C59H57ClF12N14O/c1-81-77-54(75-79-81)84(27-36-15-44(56(61,62)63)22-45(16-36)57(64,65)66)30-42-19-38-5-3-7-48(60)50(38)73-52(42)83(26-35-13-14-35)29-40-21-41(40)32-86-78-55(76-80-86)85(28-37-17-46(58(67,68)69)23-47(18-37)59(70,71)72)31-43-20-39-6-4-8-49(87-2)51(39)74-53(43)82(24-33-9-10-33)25-34-11-12-34/h3-8,15-20,22-23,33-35,40-41H,9-14,21,24-32H2,1-2H3. The number of aromatic nitrogens is 10. The summed E-state index contributed by atoms with van der Waals surface area (Å²) in [4.78, 5) is 20.1. The average Bonchev–Trinajstić information content (AvgIpc) is 2.17. The Bertz CT molecular complexity index is 3740. The summed E-state index contributed by atoms with van der Waals surface area (Å²) in [5, 5.41) is 27.5. The van der Waals surface area contributed by atoms with E-state index in [0.29, 0.717) is 124 Å². The lowest BCUT2D eigenvalue weighted by molar-refractivity contribution is -0.144. The second-order valence-electron chi connectivity index (χ2n) is 23.4. The Kier molecular flexibility index (Phi) is 15.8. The molecule has 87 heavy (non-hydrogen) atoms. The topological polar surface area (TPSA) is 135 Å². The van der Waals surface area contributed by atoms with Crippen molar-refractivity contribution >= 4 is 56.9 Å². The van der Waals surface area contributed by atoms with Gasteiger partial charge in [0.15, 0.2) is 0 Å². The van der Waals surface area contributed by atoms with Crippen LogP contribution in [0.2, 0.25) is 5.02 Å². The molecule has 2 atom stereocenters. The van der Waals surface area contributed by atoms with Crippen LogP contribution in [0.25, 0.3) is 21.8 Å². The number of tetrazole rings is 2. The zero-order chi connectivity index (χ0) is 61.3. The molecule has 4 heterocycles. The third kappa shape index (κ3) is 14.2. The van der Waals surface area contributed by atoms with E-state index in [9.17, 15) is 52.7 Å². The van der Waals surface area contributed by atoms with E-state index in [4.69, 9.17) is 31.4 Å². The van der Waals surface area contributed by atoms with Gasteiger partial charge >= 0.3 is 24.7 Å². The Hall–Kier alpha value is -7.71. The number of fused-ring (bicyclic) bond motifs is 2.